The van der Waals surface area contributed by atoms with Gasteiger partial charge in [0.1, 0.15) is 0 Å². The van der Waals surface area contributed by atoms with Gasteiger partial charge in [-0.2, -0.15) is 0 Å². The van der Waals surface area contributed by atoms with Crippen molar-refractivity contribution in [1.82, 2.24) is 9.62 Å². The SMILES string of the molecule is CNS(=O)(=O)c1csc(C(=O)N2CC(C(=O)O)C(c3ccccc3)C2)c1. The van der Waals surface area contributed by atoms with E-state index in [4.69, 9.17) is 0 Å². The molecule has 1 amide bonds. The number of carboxylic acids is 1. The Morgan fingerprint density at radius 3 is 2.54 bits per heavy atom. The van der Waals surface area contributed by atoms with E-state index in [1.165, 1.54) is 23.4 Å². The number of amides is 1. The van der Waals surface area contributed by atoms with Gasteiger partial charge < -0.3 is 10.0 Å². The van der Waals surface area contributed by atoms with Crippen molar-refractivity contribution in [2.24, 2.45) is 5.92 Å². The Labute approximate surface area is 155 Å². The average molecular weight is 394 g/mol. The summed E-state index contributed by atoms with van der Waals surface area (Å²) in [5, 5.41) is 10.9. The number of benzene rings is 1. The third kappa shape index (κ3) is 3.50. The maximum absolute atomic E-state index is 12.7. The van der Waals surface area contributed by atoms with Crippen LogP contribution in [0.1, 0.15) is 21.2 Å². The monoisotopic (exact) mass is 394 g/mol. The first-order valence-electron chi connectivity index (χ1n) is 7.92. The summed E-state index contributed by atoms with van der Waals surface area (Å²) in [6, 6.07) is 10.6. The molecule has 1 aliphatic heterocycles. The van der Waals surface area contributed by atoms with E-state index >= 15 is 0 Å². The molecule has 0 saturated carbocycles. The smallest absolute Gasteiger partial charge is 0.308 e. The Morgan fingerprint density at radius 2 is 1.92 bits per heavy atom. The first kappa shape index (κ1) is 18.6. The largest absolute Gasteiger partial charge is 0.481 e. The number of nitrogens with one attached hydrogen (secondary N) is 1. The van der Waals surface area contributed by atoms with E-state index in [2.05, 4.69) is 4.72 Å². The van der Waals surface area contributed by atoms with Gasteiger partial charge in [0.15, 0.2) is 0 Å². The minimum Gasteiger partial charge on any atom is -0.481 e. The van der Waals surface area contributed by atoms with Crippen LogP contribution in [0.4, 0.5) is 0 Å². The molecule has 1 fully saturated rings. The second-order valence-electron chi connectivity index (χ2n) is 6.03. The van der Waals surface area contributed by atoms with Crippen LogP contribution < -0.4 is 4.72 Å². The fourth-order valence-corrected chi connectivity index (χ4v) is 5.07. The number of nitrogens with zero attached hydrogens (tertiary/aromatic N) is 1. The molecule has 0 spiro atoms. The van der Waals surface area contributed by atoms with Gasteiger partial charge in [-0.05, 0) is 18.7 Å². The molecule has 7 nitrogen and oxygen atoms in total. The molecule has 0 radical (unpaired) electrons. The lowest BCUT2D eigenvalue weighted by molar-refractivity contribution is -0.141. The number of thiophene rings is 1. The van der Waals surface area contributed by atoms with Gasteiger partial charge in [-0.15, -0.1) is 11.3 Å². The standard InChI is InChI=1S/C17H18N2O5S2/c1-18-26(23,24)12-7-15(25-10-12)16(20)19-8-13(14(9-19)17(21)22)11-5-3-2-4-6-11/h2-7,10,13-14,18H,8-9H2,1H3,(H,21,22). The molecule has 2 atom stereocenters. The average Bonchev–Trinajstić information content (AvgIpc) is 3.30. The fraction of sp³-hybridized carbons (Fsp3) is 0.294. The first-order valence-corrected chi connectivity index (χ1v) is 10.3. The lowest BCUT2D eigenvalue weighted by Crippen LogP contribution is -2.29. The van der Waals surface area contributed by atoms with Crippen LogP contribution >= 0.6 is 11.3 Å². The van der Waals surface area contributed by atoms with Crippen LogP contribution in [-0.4, -0.2) is 50.4 Å². The number of carboxylic acid groups (broad SMARTS) is 1. The number of carbonyl (C=O) groups excluding carboxylic acids is 1. The van der Waals surface area contributed by atoms with Crippen molar-refractivity contribution < 1.29 is 23.1 Å². The lowest BCUT2D eigenvalue weighted by atomic mass is 9.89. The van der Waals surface area contributed by atoms with Crippen LogP contribution in [0.15, 0.2) is 46.7 Å². The number of hydrogen-bond acceptors (Lipinski definition) is 5. The van der Waals surface area contributed by atoms with Crippen LogP contribution in [0.3, 0.4) is 0 Å². The van der Waals surface area contributed by atoms with Crippen LogP contribution in [0.5, 0.6) is 0 Å². The predicted octanol–water partition coefficient (Wildman–Crippen LogP) is 1.60. The summed E-state index contributed by atoms with van der Waals surface area (Å²) in [5.41, 5.74) is 0.875. The number of rotatable bonds is 5. The molecule has 1 aromatic carbocycles. The third-order valence-corrected chi connectivity index (χ3v) is 6.98. The normalized spacial score (nSPS) is 20.3. The fourth-order valence-electron chi connectivity index (χ4n) is 3.10. The summed E-state index contributed by atoms with van der Waals surface area (Å²) in [6.07, 6.45) is 0. The highest BCUT2D eigenvalue weighted by atomic mass is 32.2. The van der Waals surface area contributed by atoms with E-state index in [0.29, 0.717) is 0 Å². The number of sulfonamides is 1. The Hall–Kier alpha value is -2.23. The Bertz CT molecular complexity index is 924. The molecular weight excluding hydrogens is 376 g/mol. The quantitative estimate of drug-likeness (QED) is 0.802. The van der Waals surface area contributed by atoms with Crippen LogP contribution in [-0.2, 0) is 14.8 Å². The minimum absolute atomic E-state index is 0.0296. The first-order chi connectivity index (χ1) is 12.3. The molecule has 2 unspecified atom stereocenters. The van der Waals surface area contributed by atoms with Crippen LogP contribution in [0.2, 0.25) is 0 Å². The van der Waals surface area contributed by atoms with Gasteiger partial charge in [0, 0.05) is 24.4 Å². The summed E-state index contributed by atoms with van der Waals surface area (Å²) in [4.78, 5) is 26.2. The third-order valence-electron chi connectivity index (χ3n) is 4.52. The molecule has 26 heavy (non-hydrogen) atoms. The van der Waals surface area contributed by atoms with Gasteiger partial charge >= 0.3 is 5.97 Å². The lowest BCUT2D eigenvalue weighted by Gasteiger charge is -2.15. The second kappa shape index (κ2) is 7.18. The van der Waals surface area contributed by atoms with E-state index in [-0.39, 0.29) is 34.7 Å². The molecule has 9 heteroatoms. The number of likely N-dealkylation sites (tertiary alicyclic amines) is 1. The Morgan fingerprint density at radius 1 is 1.23 bits per heavy atom. The highest BCUT2D eigenvalue weighted by molar-refractivity contribution is 7.89. The molecule has 3 rings (SSSR count). The molecule has 138 valence electrons. The zero-order valence-electron chi connectivity index (χ0n) is 14.0. The van der Waals surface area contributed by atoms with E-state index in [1.807, 2.05) is 30.3 Å². The number of hydrogen-bond donors (Lipinski definition) is 2. The summed E-state index contributed by atoms with van der Waals surface area (Å²) < 4.78 is 25.9. The maximum Gasteiger partial charge on any atom is 0.308 e. The molecule has 1 aromatic heterocycles. The van der Waals surface area contributed by atoms with Gasteiger partial charge in [-0.3, -0.25) is 9.59 Å². The predicted molar refractivity (Wildman–Crippen MR) is 96.8 cm³/mol. The van der Waals surface area contributed by atoms with Crippen molar-refractivity contribution in [1.29, 1.82) is 0 Å². The number of carbonyl (C=O) groups is 2. The van der Waals surface area contributed by atoms with Gasteiger partial charge in [0.05, 0.1) is 15.7 Å². The molecule has 1 saturated heterocycles. The van der Waals surface area contributed by atoms with Gasteiger partial charge in [0.2, 0.25) is 10.0 Å². The van der Waals surface area contributed by atoms with E-state index in [9.17, 15) is 23.1 Å². The summed E-state index contributed by atoms with van der Waals surface area (Å²) in [7, 11) is -2.31. The molecule has 2 heterocycles. The topological polar surface area (TPSA) is 104 Å². The Balaban J connectivity index is 1.84. The van der Waals surface area contributed by atoms with Gasteiger partial charge in [-0.25, -0.2) is 13.1 Å². The molecular formula is C17H18N2O5S2. The van der Waals surface area contributed by atoms with Crippen molar-refractivity contribution >= 4 is 33.2 Å². The highest BCUT2D eigenvalue weighted by Crippen LogP contribution is 2.34. The molecule has 2 aromatic rings. The molecule has 1 aliphatic rings. The van der Waals surface area contributed by atoms with Crippen LogP contribution in [0.25, 0.3) is 0 Å². The van der Waals surface area contributed by atoms with Crippen molar-refractivity contribution in [2.75, 3.05) is 20.1 Å². The van der Waals surface area contributed by atoms with Crippen molar-refractivity contribution in [3.05, 3.63) is 52.2 Å². The summed E-state index contributed by atoms with van der Waals surface area (Å²) >= 11 is 1.04. The van der Waals surface area contributed by atoms with E-state index in [1.54, 1.807) is 0 Å². The van der Waals surface area contributed by atoms with Gasteiger partial charge in [-0.1, -0.05) is 30.3 Å². The van der Waals surface area contributed by atoms with Crippen molar-refractivity contribution in [3.63, 3.8) is 0 Å². The summed E-state index contributed by atoms with van der Waals surface area (Å²) in [5.74, 6) is -2.28. The number of aliphatic carboxylic acids is 1. The van der Waals surface area contributed by atoms with Crippen molar-refractivity contribution in [2.45, 2.75) is 10.8 Å². The zero-order chi connectivity index (χ0) is 18.9. The highest BCUT2D eigenvalue weighted by Gasteiger charge is 2.41. The van der Waals surface area contributed by atoms with Gasteiger partial charge in [0.25, 0.3) is 5.91 Å². The molecule has 2 N–H and O–H groups in total. The Kier molecular flexibility index (Phi) is 5.12. The van der Waals surface area contributed by atoms with Crippen LogP contribution in [0, 0.1) is 5.92 Å². The minimum atomic E-state index is -3.62. The second-order valence-corrected chi connectivity index (χ2v) is 8.82. The van der Waals surface area contributed by atoms with E-state index in [0.717, 1.165) is 16.9 Å². The van der Waals surface area contributed by atoms with Crippen molar-refractivity contribution in [3.8, 4) is 0 Å². The van der Waals surface area contributed by atoms with E-state index < -0.39 is 21.9 Å². The zero-order valence-corrected chi connectivity index (χ0v) is 15.6. The molecule has 0 bridgehead atoms. The molecule has 0 aliphatic carbocycles. The maximum atomic E-state index is 12.7. The summed E-state index contributed by atoms with van der Waals surface area (Å²) in [6.45, 7) is 0.381.